The van der Waals surface area contributed by atoms with Gasteiger partial charge in [-0.05, 0) is 38.3 Å². The van der Waals surface area contributed by atoms with Crippen LogP contribution < -0.4 is 0 Å². The fourth-order valence-electron chi connectivity index (χ4n) is 3.48. The molecule has 0 amide bonds. The normalized spacial score (nSPS) is 14.8. The molecule has 29 heavy (non-hydrogen) atoms. The lowest BCUT2D eigenvalue weighted by molar-refractivity contribution is 0.0599. The molecular weight excluding hydrogens is 416 g/mol. The van der Waals surface area contributed by atoms with E-state index in [1.807, 2.05) is 0 Å². The molecule has 0 aliphatic carbocycles. The van der Waals surface area contributed by atoms with E-state index in [-0.39, 0.29) is 20.9 Å². The monoisotopic (exact) mass is 438 g/mol. The quantitative estimate of drug-likeness (QED) is 0.661. The summed E-state index contributed by atoms with van der Waals surface area (Å²) in [4.78, 5) is 29.2. The molecule has 1 aliphatic heterocycles. The number of esters is 2. The lowest BCUT2D eigenvalue weighted by atomic mass is 9.94. The average Bonchev–Trinajstić information content (AvgIpc) is 3.38. The van der Waals surface area contributed by atoms with Gasteiger partial charge in [0.25, 0.3) is 10.0 Å². The Labute approximate surface area is 173 Å². The fraction of sp³-hybridized carbons (Fsp3) is 0.421. The van der Waals surface area contributed by atoms with Gasteiger partial charge in [0.2, 0.25) is 0 Å². The van der Waals surface area contributed by atoms with E-state index in [9.17, 15) is 18.0 Å². The van der Waals surface area contributed by atoms with Crippen LogP contribution in [0, 0.1) is 13.8 Å². The number of sulfonamides is 1. The highest BCUT2D eigenvalue weighted by molar-refractivity contribution is 7.91. The number of thiophene rings is 1. The Hall–Kier alpha value is -2.30. The second kappa shape index (κ2) is 8.21. The molecule has 0 spiro atoms. The first-order chi connectivity index (χ1) is 13.7. The zero-order valence-corrected chi connectivity index (χ0v) is 18.3. The molecule has 1 aliphatic rings. The van der Waals surface area contributed by atoms with Gasteiger partial charge in [0, 0.05) is 24.0 Å². The molecule has 0 atom stereocenters. The third-order valence-corrected chi connectivity index (χ3v) is 8.18. The van der Waals surface area contributed by atoms with Crippen LogP contribution in [0.25, 0.3) is 11.1 Å². The van der Waals surface area contributed by atoms with Crippen molar-refractivity contribution >= 4 is 33.3 Å². The standard InChI is InChI=1S/C19H22N2O6S2/c1-11-15(18(22)26-3)17(16(12(2)20-11)19(23)27-4)13-9-14(28-10-13)29(24,25)21-7-5-6-8-21/h9-10H,5-8H2,1-4H3. The molecule has 0 radical (unpaired) electrons. The molecular formula is C19H22N2O6S2. The maximum absolute atomic E-state index is 12.9. The second-order valence-electron chi connectivity index (χ2n) is 6.66. The number of hydrogen-bond donors (Lipinski definition) is 0. The van der Waals surface area contributed by atoms with Crippen LogP contribution in [-0.2, 0) is 19.5 Å². The number of rotatable bonds is 5. The van der Waals surface area contributed by atoms with Gasteiger partial charge >= 0.3 is 11.9 Å². The highest BCUT2D eigenvalue weighted by Crippen LogP contribution is 2.37. The summed E-state index contributed by atoms with van der Waals surface area (Å²) in [6.07, 6.45) is 1.67. The average molecular weight is 439 g/mol. The molecule has 0 bridgehead atoms. The van der Waals surface area contributed by atoms with Gasteiger partial charge in [0.1, 0.15) is 4.21 Å². The lowest BCUT2D eigenvalue weighted by Gasteiger charge is -2.16. The molecule has 3 heterocycles. The van der Waals surface area contributed by atoms with Crippen LogP contribution in [0.4, 0.5) is 0 Å². The lowest BCUT2D eigenvalue weighted by Crippen LogP contribution is -2.27. The zero-order chi connectivity index (χ0) is 21.3. The van der Waals surface area contributed by atoms with E-state index >= 15 is 0 Å². The second-order valence-corrected chi connectivity index (χ2v) is 9.73. The van der Waals surface area contributed by atoms with Crippen molar-refractivity contribution in [1.29, 1.82) is 0 Å². The summed E-state index contributed by atoms with van der Waals surface area (Å²) in [6.45, 7) is 4.25. The van der Waals surface area contributed by atoms with Crippen molar-refractivity contribution in [3.63, 3.8) is 0 Å². The zero-order valence-electron chi connectivity index (χ0n) is 16.6. The maximum atomic E-state index is 12.9. The van der Waals surface area contributed by atoms with Gasteiger partial charge in [-0.3, -0.25) is 4.98 Å². The minimum Gasteiger partial charge on any atom is -0.465 e. The van der Waals surface area contributed by atoms with Crippen LogP contribution in [0.1, 0.15) is 44.9 Å². The smallest absolute Gasteiger partial charge is 0.340 e. The third kappa shape index (κ3) is 3.79. The predicted octanol–water partition coefficient (Wildman–Crippen LogP) is 2.78. The summed E-state index contributed by atoms with van der Waals surface area (Å²) in [5, 5.41) is 1.62. The third-order valence-electron chi connectivity index (χ3n) is 4.86. The van der Waals surface area contributed by atoms with Crippen LogP contribution in [0.2, 0.25) is 0 Å². The van der Waals surface area contributed by atoms with Gasteiger partial charge in [-0.2, -0.15) is 4.31 Å². The van der Waals surface area contributed by atoms with E-state index in [2.05, 4.69) is 4.98 Å². The first-order valence-electron chi connectivity index (χ1n) is 8.99. The minimum atomic E-state index is -3.62. The Kier molecular flexibility index (Phi) is 6.06. The highest BCUT2D eigenvalue weighted by atomic mass is 32.2. The summed E-state index contributed by atoms with van der Waals surface area (Å²) in [7, 11) is -1.15. The summed E-state index contributed by atoms with van der Waals surface area (Å²) in [5.41, 5.74) is 1.69. The number of carbonyl (C=O) groups is 2. The number of nitrogens with zero attached hydrogens (tertiary/aromatic N) is 2. The SMILES string of the molecule is COC(=O)c1c(C)nc(C)c(C(=O)OC)c1-c1csc(S(=O)(=O)N2CCCC2)c1. The van der Waals surface area contributed by atoms with Crippen LogP contribution in [0.3, 0.4) is 0 Å². The Morgan fingerprint density at radius 1 is 1.03 bits per heavy atom. The molecule has 3 rings (SSSR count). The van der Waals surface area contributed by atoms with Gasteiger partial charge in [-0.25, -0.2) is 18.0 Å². The van der Waals surface area contributed by atoms with E-state index in [0.29, 0.717) is 30.0 Å². The Morgan fingerprint density at radius 2 is 1.55 bits per heavy atom. The first-order valence-corrected chi connectivity index (χ1v) is 11.3. The Balaban J connectivity index is 2.24. The van der Waals surface area contributed by atoms with E-state index in [4.69, 9.17) is 9.47 Å². The van der Waals surface area contributed by atoms with E-state index in [0.717, 1.165) is 24.2 Å². The molecule has 0 N–H and O–H groups in total. The summed E-state index contributed by atoms with van der Waals surface area (Å²) in [5.74, 6) is -1.32. The van der Waals surface area contributed by atoms with Gasteiger partial charge < -0.3 is 9.47 Å². The molecule has 10 heteroatoms. The first kappa shape index (κ1) is 21.4. The van der Waals surface area contributed by atoms with Crippen molar-refractivity contribution in [2.75, 3.05) is 27.3 Å². The van der Waals surface area contributed by atoms with Crippen LogP contribution in [-0.4, -0.2) is 57.0 Å². The summed E-state index contributed by atoms with van der Waals surface area (Å²) >= 11 is 1.05. The predicted molar refractivity (Wildman–Crippen MR) is 108 cm³/mol. The topological polar surface area (TPSA) is 103 Å². The minimum absolute atomic E-state index is 0.112. The number of hydrogen-bond acceptors (Lipinski definition) is 8. The van der Waals surface area contributed by atoms with E-state index < -0.39 is 22.0 Å². The number of aromatic nitrogens is 1. The highest BCUT2D eigenvalue weighted by Gasteiger charge is 2.31. The Morgan fingerprint density at radius 3 is 2.03 bits per heavy atom. The molecule has 0 aromatic carbocycles. The van der Waals surface area contributed by atoms with Crippen LogP contribution >= 0.6 is 11.3 Å². The van der Waals surface area contributed by atoms with Crippen LogP contribution in [0.15, 0.2) is 15.7 Å². The van der Waals surface area contributed by atoms with Crippen molar-refractivity contribution in [3.05, 3.63) is 34.0 Å². The number of methoxy groups -OCH3 is 2. The number of aryl methyl sites for hydroxylation is 2. The molecule has 2 aromatic rings. The van der Waals surface area contributed by atoms with Crippen molar-refractivity contribution in [1.82, 2.24) is 9.29 Å². The molecule has 2 aromatic heterocycles. The van der Waals surface area contributed by atoms with Crippen molar-refractivity contribution < 1.29 is 27.5 Å². The van der Waals surface area contributed by atoms with Crippen molar-refractivity contribution in [3.8, 4) is 11.1 Å². The molecule has 1 fully saturated rings. The summed E-state index contributed by atoms with van der Waals surface area (Å²) in [6, 6.07) is 1.49. The van der Waals surface area contributed by atoms with Gasteiger partial charge in [0.15, 0.2) is 0 Å². The van der Waals surface area contributed by atoms with E-state index in [1.54, 1.807) is 19.2 Å². The van der Waals surface area contributed by atoms with E-state index in [1.165, 1.54) is 24.6 Å². The molecule has 156 valence electrons. The van der Waals surface area contributed by atoms with Gasteiger partial charge in [0.05, 0.1) is 36.7 Å². The van der Waals surface area contributed by atoms with Crippen molar-refractivity contribution in [2.24, 2.45) is 0 Å². The number of ether oxygens (including phenoxy) is 2. The molecule has 0 unspecified atom stereocenters. The van der Waals surface area contributed by atoms with Gasteiger partial charge in [-0.15, -0.1) is 11.3 Å². The number of carbonyl (C=O) groups excluding carboxylic acids is 2. The molecule has 1 saturated heterocycles. The fourth-order valence-corrected chi connectivity index (χ4v) is 6.32. The largest absolute Gasteiger partial charge is 0.465 e. The summed E-state index contributed by atoms with van der Waals surface area (Å²) < 4.78 is 37.2. The maximum Gasteiger partial charge on any atom is 0.340 e. The molecule has 0 saturated carbocycles. The van der Waals surface area contributed by atoms with Gasteiger partial charge in [-0.1, -0.05) is 0 Å². The Bertz CT molecular complexity index is 1030. The van der Waals surface area contributed by atoms with Crippen molar-refractivity contribution in [2.45, 2.75) is 30.9 Å². The van der Waals surface area contributed by atoms with Crippen LogP contribution in [0.5, 0.6) is 0 Å². The number of pyridine rings is 1. The molecule has 8 nitrogen and oxygen atoms in total.